The molecule has 22 heavy (non-hydrogen) atoms. The third kappa shape index (κ3) is 4.45. The molecule has 0 spiro atoms. The average Bonchev–Trinajstić information content (AvgIpc) is 2.55. The van der Waals surface area contributed by atoms with Crippen LogP contribution in [0.25, 0.3) is 6.08 Å². The van der Waals surface area contributed by atoms with Gasteiger partial charge in [-0.25, -0.2) is 4.79 Å². The van der Waals surface area contributed by atoms with E-state index in [2.05, 4.69) is 17.0 Å². The molecule has 0 unspecified atom stereocenters. The monoisotopic (exact) mass is 301 g/mol. The van der Waals surface area contributed by atoms with Crippen LogP contribution in [0.15, 0.2) is 30.3 Å². The van der Waals surface area contributed by atoms with E-state index in [9.17, 15) is 9.59 Å². The molecule has 0 radical (unpaired) electrons. The molecule has 1 fully saturated rings. The van der Waals surface area contributed by atoms with E-state index in [0.29, 0.717) is 11.5 Å². The number of benzene rings is 1. The molecule has 0 heterocycles. The summed E-state index contributed by atoms with van der Waals surface area (Å²) < 4.78 is 4.65. The molecule has 0 bridgehead atoms. The zero-order chi connectivity index (χ0) is 15.9. The minimum Gasteiger partial charge on any atom is -0.465 e. The van der Waals surface area contributed by atoms with Crippen molar-refractivity contribution in [3.63, 3.8) is 0 Å². The Labute approximate surface area is 131 Å². The lowest BCUT2D eigenvalue weighted by Gasteiger charge is -2.29. The number of esters is 1. The molecule has 4 nitrogen and oxygen atoms in total. The normalized spacial score (nSPS) is 21.5. The van der Waals surface area contributed by atoms with Crippen LogP contribution in [0.2, 0.25) is 0 Å². The van der Waals surface area contributed by atoms with Gasteiger partial charge in [-0.1, -0.05) is 31.9 Å². The summed E-state index contributed by atoms with van der Waals surface area (Å²) >= 11 is 0. The molecule has 4 heteroatoms. The van der Waals surface area contributed by atoms with Crippen molar-refractivity contribution in [2.75, 3.05) is 7.11 Å². The van der Waals surface area contributed by atoms with Crippen LogP contribution in [0.4, 0.5) is 0 Å². The number of ether oxygens (including phenoxy) is 1. The first-order valence-corrected chi connectivity index (χ1v) is 7.77. The predicted octanol–water partition coefficient (Wildman–Crippen LogP) is 3.18. The van der Waals surface area contributed by atoms with E-state index in [4.69, 9.17) is 0 Å². The topological polar surface area (TPSA) is 55.4 Å². The second-order valence-electron chi connectivity index (χ2n) is 5.82. The maximum atomic E-state index is 12.0. The van der Waals surface area contributed by atoms with Crippen LogP contribution in [-0.4, -0.2) is 25.0 Å². The summed E-state index contributed by atoms with van der Waals surface area (Å²) in [6.07, 6.45) is 8.00. The van der Waals surface area contributed by atoms with Gasteiger partial charge in [-0.15, -0.1) is 0 Å². The summed E-state index contributed by atoms with van der Waals surface area (Å²) in [7, 11) is 1.35. The summed E-state index contributed by atoms with van der Waals surface area (Å²) in [6, 6.07) is 7.24. The van der Waals surface area contributed by atoms with Gasteiger partial charge in [0.2, 0.25) is 5.91 Å². The van der Waals surface area contributed by atoms with Crippen LogP contribution in [0.3, 0.4) is 0 Å². The van der Waals surface area contributed by atoms with Crippen molar-refractivity contribution in [1.82, 2.24) is 5.32 Å². The van der Waals surface area contributed by atoms with Gasteiger partial charge in [-0.05, 0) is 42.5 Å². The highest BCUT2D eigenvalue weighted by molar-refractivity contribution is 5.92. The number of nitrogens with one attached hydrogen (secondary N) is 1. The molecule has 1 aromatic carbocycles. The average molecular weight is 301 g/mol. The molecule has 118 valence electrons. The summed E-state index contributed by atoms with van der Waals surface area (Å²) in [5, 5.41) is 3.08. The molecule has 0 aromatic heterocycles. The standard InChI is InChI=1S/C18H23NO3/c1-13-5-3-4-6-16(13)19-17(20)12-9-14-7-10-15(11-8-14)18(21)22-2/h7-13,16H,3-6H2,1-2H3,(H,19,20)/b12-9+/t13-,16-/m1/s1. The van der Waals surface area contributed by atoms with E-state index in [1.54, 1.807) is 36.4 Å². The number of hydrogen-bond acceptors (Lipinski definition) is 3. The van der Waals surface area contributed by atoms with E-state index in [0.717, 1.165) is 12.0 Å². The fourth-order valence-corrected chi connectivity index (χ4v) is 2.78. The zero-order valence-corrected chi connectivity index (χ0v) is 13.2. The maximum Gasteiger partial charge on any atom is 0.337 e. The Bertz CT molecular complexity index is 548. The molecule has 2 atom stereocenters. The number of amides is 1. The van der Waals surface area contributed by atoms with Crippen molar-refractivity contribution in [3.8, 4) is 0 Å². The third-order valence-electron chi connectivity index (χ3n) is 4.20. The molecule has 0 aliphatic heterocycles. The van der Waals surface area contributed by atoms with Gasteiger partial charge in [0.25, 0.3) is 0 Å². The van der Waals surface area contributed by atoms with Crippen LogP contribution in [0.1, 0.15) is 48.5 Å². The molecule has 1 aromatic rings. The van der Waals surface area contributed by atoms with Crippen LogP contribution >= 0.6 is 0 Å². The second kappa shape index (κ2) is 7.78. The minimum atomic E-state index is -0.362. The van der Waals surface area contributed by atoms with E-state index >= 15 is 0 Å². The molecule has 1 aliphatic carbocycles. The van der Waals surface area contributed by atoms with E-state index in [-0.39, 0.29) is 17.9 Å². The van der Waals surface area contributed by atoms with Gasteiger partial charge in [0.05, 0.1) is 12.7 Å². The summed E-state index contributed by atoms with van der Waals surface area (Å²) in [4.78, 5) is 23.3. The molecule has 0 saturated heterocycles. The lowest BCUT2D eigenvalue weighted by atomic mass is 9.86. The molecule has 1 N–H and O–H groups in total. The Morgan fingerprint density at radius 2 is 1.86 bits per heavy atom. The summed E-state index contributed by atoms with van der Waals surface area (Å²) in [5.41, 5.74) is 1.37. The Kier molecular flexibility index (Phi) is 5.75. The minimum absolute atomic E-state index is 0.0594. The van der Waals surface area contributed by atoms with Gasteiger partial charge >= 0.3 is 5.97 Å². The Morgan fingerprint density at radius 3 is 2.50 bits per heavy atom. The van der Waals surface area contributed by atoms with Gasteiger partial charge in [0.15, 0.2) is 0 Å². The van der Waals surface area contributed by atoms with Crippen molar-refractivity contribution >= 4 is 18.0 Å². The smallest absolute Gasteiger partial charge is 0.337 e. The zero-order valence-electron chi connectivity index (χ0n) is 13.2. The largest absolute Gasteiger partial charge is 0.465 e. The van der Waals surface area contributed by atoms with Crippen molar-refractivity contribution < 1.29 is 14.3 Å². The molecular weight excluding hydrogens is 278 g/mol. The van der Waals surface area contributed by atoms with Crippen molar-refractivity contribution in [1.29, 1.82) is 0 Å². The number of hydrogen-bond donors (Lipinski definition) is 1. The quantitative estimate of drug-likeness (QED) is 0.686. The van der Waals surface area contributed by atoms with Gasteiger partial charge in [-0.2, -0.15) is 0 Å². The van der Waals surface area contributed by atoms with Crippen LogP contribution < -0.4 is 5.32 Å². The molecular formula is C18H23NO3. The van der Waals surface area contributed by atoms with Crippen LogP contribution in [0, 0.1) is 5.92 Å². The van der Waals surface area contributed by atoms with E-state index in [1.165, 1.54) is 26.4 Å². The van der Waals surface area contributed by atoms with E-state index < -0.39 is 0 Å². The van der Waals surface area contributed by atoms with Crippen molar-refractivity contribution in [2.24, 2.45) is 5.92 Å². The SMILES string of the molecule is COC(=O)c1ccc(/C=C/C(=O)N[C@@H]2CCCC[C@H]2C)cc1. The Hall–Kier alpha value is -2.10. The predicted molar refractivity (Wildman–Crippen MR) is 86.4 cm³/mol. The number of methoxy groups -OCH3 is 1. The number of carbonyl (C=O) groups excluding carboxylic acids is 2. The molecule has 1 aliphatic rings. The highest BCUT2D eigenvalue weighted by Gasteiger charge is 2.21. The van der Waals surface area contributed by atoms with Gasteiger partial charge in [-0.3, -0.25) is 4.79 Å². The highest BCUT2D eigenvalue weighted by Crippen LogP contribution is 2.23. The second-order valence-corrected chi connectivity index (χ2v) is 5.82. The first kappa shape index (κ1) is 16.3. The fourth-order valence-electron chi connectivity index (χ4n) is 2.78. The van der Waals surface area contributed by atoms with Gasteiger partial charge < -0.3 is 10.1 Å². The molecule has 1 saturated carbocycles. The van der Waals surface area contributed by atoms with Gasteiger partial charge in [0, 0.05) is 12.1 Å². The summed E-state index contributed by atoms with van der Waals surface area (Å²) in [6.45, 7) is 2.19. The van der Waals surface area contributed by atoms with Crippen LogP contribution in [0.5, 0.6) is 0 Å². The first-order valence-electron chi connectivity index (χ1n) is 7.77. The molecule has 2 rings (SSSR count). The lowest BCUT2D eigenvalue weighted by Crippen LogP contribution is -2.40. The van der Waals surface area contributed by atoms with Crippen molar-refractivity contribution in [3.05, 3.63) is 41.5 Å². The van der Waals surface area contributed by atoms with Crippen LogP contribution in [-0.2, 0) is 9.53 Å². The summed E-state index contributed by atoms with van der Waals surface area (Å²) in [5.74, 6) is 0.126. The number of rotatable bonds is 4. The molecule has 1 amide bonds. The Balaban J connectivity index is 1.90. The Morgan fingerprint density at radius 1 is 1.18 bits per heavy atom. The first-order chi connectivity index (χ1) is 10.6. The highest BCUT2D eigenvalue weighted by atomic mass is 16.5. The maximum absolute atomic E-state index is 12.0. The van der Waals surface area contributed by atoms with Crippen molar-refractivity contribution in [2.45, 2.75) is 38.6 Å². The third-order valence-corrected chi connectivity index (χ3v) is 4.20. The fraction of sp³-hybridized carbons (Fsp3) is 0.444. The van der Waals surface area contributed by atoms with E-state index in [1.807, 2.05) is 0 Å². The number of carbonyl (C=O) groups is 2. The van der Waals surface area contributed by atoms with Gasteiger partial charge in [0.1, 0.15) is 0 Å². The lowest BCUT2D eigenvalue weighted by molar-refractivity contribution is -0.117.